The van der Waals surface area contributed by atoms with Gasteiger partial charge in [-0.15, -0.1) is 0 Å². The second kappa shape index (κ2) is 4.13. The van der Waals surface area contributed by atoms with Gasteiger partial charge in [-0.25, -0.2) is 9.50 Å². The molecule has 0 spiro atoms. The van der Waals surface area contributed by atoms with Crippen LogP contribution in [0.5, 0.6) is 0 Å². The topological polar surface area (TPSA) is 86.2 Å². The number of hydrogen-bond acceptors (Lipinski definition) is 5. The Morgan fingerprint density at radius 3 is 2.84 bits per heavy atom. The fourth-order valence-corrected chi connectivity index (χ4v) is 2.67. The Hall–Kier alpha value is -2.28. The first kappa shape index (κ1) is 11.8. The number of nitrogens with zero attached hydrogens (tertiary/aromatic N) is 4. The summed E-state index contributed by atoms with van der Waals surface area (Å²) in [4.78, 5) is 15.9. The third-order valence-electron chi connectivity index (χ3n) is 2.94. The number of aryl methyl sites for hydroxylation is 2. The van der Waals surface area contributed by atoms with Crippen molar-refractivity contribution in [1.82, 2.24) is 19.0 Å². The van der Waals surface area contributed by atoms with Gasteiger partial charge in [-0.1, -0.05) is 0 Å². The van der Waals surface area contributed by atoms with Gasteiger partial charge in [-0.05, 0) is 31.4 Å². The summed E-state index contributed by atoms with van der Waals surface area (Å²) < 4.78 is 5.85. The van der Waals surface area contributed by atoms with E-state index in [9.17, 15) is 4.79 Å². The smallest absolute Gasteiger partial charge is 0.254 e. The number of carbonyl (C=O) groups is 1. The van der Waals surface area contributed by atoms with Gasteiger partial charge in [0.1, 0.15) is 5.56 Å². The highest BCUT2D eigenvalue weighted by Crippen LogP contribution is 2.24. The summed E-state index contributed by atoms with van der Waals surface area (Å²) in [5.41, 5.74) is 9.68. The third kappa shape index (κ3) is 1.78. The van der Waals surface area contributed by atoms with Crippen molar-refractivity contribution >= 4 is 23.1 Å². The summed E-state index contributed by atoms with van der Waals surface area (Å²) in [6.45, 7) is 3.84. The van der Waals surface area contributed by atoms with Crippen LogP contribution in [0.4, 0.5) is 0 Å². The van der Waals surface area contributed by atoms with Crippen LogP contribution in [0.25, 0.3) is 16.9 Å². The van der Waals surface area contributed by atoms with Gasteiger partial charge < -0.3 is 5.73 Å². The van der Waals surface area contributed by atoms with Gasteiger partial charge in [-0.3, -0.25) is 4.79 Å². The van der Waals surface area contributed by atoms with E-state index in [4.69, 9.17) is 5.73 Å². The van der Waals surface area contributed by atoms with E-state index in [0.717, 1.165) is 22.6 Å². The van der Waals surface area contributed by atoms with Crippen LogP contribution in [-0.2, 0) is 0 Å². The first-order chi connectivity index (χ1) is 9.08. The Labute approximate surface area is 113 Å². The molecule has 0 saturated heterocycles. The van der Waals surface area contributed by atoms with Crippen LogP contribution in [0.15, 0.2) is 17.6 Å². The van der Waals surface area contributed by atoms with Gasteiger partial charge in [0, 0.05) is 16.6 Å². The highest BCUT2D eigenvalue weighted by Gasteiger charge is 2.15. The highest BCUT2D eigenvalue weighted by atomic mass is 32.1. The lowest BCUT2D eigenvalue weighted by molar-refractivity contribution is 0.100. The van der Waals surface area contributed by atoms with Crippen molar-refractivity contribution < 1.29 is 4.79 Å². The van der Waals surface area contributed by atoms with Gasteiger partial charge in [0.2, 0.25) is 0 Å². The molecular formula is C12H11N5OS. The molecule has 0 unspecified atom stereocenters. The zero-order chi connectivity index (χ0) is 13.6. The maximum absolute atomic E-state index is 11.4. The number of primary amides is 1. The number of hydrogen-bond donors (Lipinski definition) is 1. The van der Waals surface area contributed by atoms with E-state index < -0.39 is 5.91 Å². The molecule has 0 aromatic carbocycles. The molecule has 0 aliphatic rings. The van der Waals surface area contributed by atoms with Crippen LogP contribution >= 0.6 is 11.5 Å². The predicted molar refractivity (Wildman–Crippen MR) is 72.1 cm³/mol. The fourth-order valence-electron chi connectivity index (χ4n) is 1.96. The molecule has 0 radical (unpaired) electrons. The first-order valence-corrected chi connectivity index (χ1v) is 6.48. The molecule has 3 aromatic heterocycles. The molecular weight excluding hydrogens is 262 g/mol. The fraction of sp³-hybridized carbons (Fsp3) is 0.167. The van der Waals surface area contributed by atoms with Crippen LogP contribution in [-0.4, -0.2) is 24.9 Å². The number of fused-ring (bicyclic) bond motifs is 1. The molecule has 0 aliphatic heterocycles. The molecule has 2 N–H and O–H groups in total. The number of aromatic nitrogens is 4. The van der Waals surface area contributed by atoms with Crippen molar-refractivity contribution in [2.45, 2.75) is 13.8 Å². The molecule has 96 valence electrons. The lowest BCUT2D eigenvalue weighted by Gasteiger charge is -2.04. The third-order valence-corrected chi connectivity index (χ3v) is 3.66. The molecule has 0 fully saturated rings. The Balaban J connectivity index is 2.31. The summed E-state index contributed by atoms with van der Waals surface area (Å²) in [6, 6.07) is 1.92. The minimum absolute atomic E-state index is 0.325. The second-order valence-electron chi connectivity index (χ2n) is 4.25. The van der Waals surface area contributed by atoms with Crippen LogP contribution in [0.3, 0.4) is 0 Å². The highest BCUT2D eigenvalue weighted by molar-refractivity contribution is 7.04. The standard InChI is InChI=1S/C12H11N5OS/c1-6-3-10(9-5-19-16-7(9)2)15-12-8(11(13)18)4-14-17(6)12/h3-5H,1-2H3,(H2,13,18). The van der Waals surface area contributed by atoms with E-state index in [1.165, 1.54) is 17.7 Å². The maximum Gasteiger partial charge on any atom is 0.254 e. The zero-order valence-corrected chi connectivity index (χ0v) is 11.2. The van der Waals surface area contributed by atoms with E-state index >= 15 is 0 Å². The summed E-state index contributed by atoms with van der Waals surface area (Å²) >= 11 is 1.38. The summed E-state index contributed by atoms with van der Waals surface area (Å²) in [6.07, 6.45) is 1.44. The van der Waals surface area contributed by atoms with E-state index in [1.807, 2.05) is 25.3 Å². The van der Waals surface area contributed by atoms with Crippen molar-refractivity contribution in [1.29, 1.82) is 0 Å². The van der Waals surface area contributed by atoms with Gasteiger partial charge >= 0.3 is 0 Å². The average molecular weight is 273 g/mol. The van der Waals surface area contributed by atoms with Crippen LogP contribution in [0.1, 0.15) is 21.7 Å². The number of carbonyl (C=O) groups excluding carboxylic acids is 1. The molecule has 3 heterocycles. The molecule has 0 atom stereocenters. The first-order valence-electron chi connectivity index (χ1n) is 5.64. The van der Waals surface area contributed by atoms with Gasteiger partial charge in [0.25, 0.3) is 5.91 Å². The van der Waals surface area contributed by atoms with Crippen LogP contribution < -0.4 is 5.73 Å². The molecule has 3 rings (SSSR count). The molecule has 0 saturated carbocycles. The summed E-state index contributed by atoms with van der Waals surface area (Å²) in [7, 11) is 0. The maximum atomic E-state index is 11.4. The van der Waals surface area contributed by atoms with Crippen molar-refractivity contribution in [3.8, 4) is 11.3 Å². The van der Waals surface area contributed by atoms with Crippen LogP contribution in [0, 0.1) is 13.8 Å². The van der Waals surface area contributed by atoms with Gasteiger partial charge in [0.15, 0.2) is 5.65 Å². The Morgan fingerprint density at radius 2 is 2.21 bits per heavy atom. The molecule has 0 bridgehead atoms. The average Bonchev–Trinajstić information content (AvgIpc) is 2.94. The Bertz CT molecular complexity index is 789. The molecule has 1 amide bonds. The van der Waals surface area contributed by atoms with Crippen LogP contribution in [0.2, 0.25) is 0 Å². The van der Waals surface area contributed by atoms with E-state index in [0.29, 0.717) is 11.2 Å². The number of nitrogens with two attached hydrogens (primary N) is 1. The SMILES string of the molecule is Cc1nscc1-c1cc(C)n2ncc(C(N)=O)c2n1. The summed E-state index contributed by atoms with van der Waals surface area (Å²) in [5.74, 6) is -0.529. The minimum Gasteiger partial charge on any atom is -0.365 e. The largest absolute Gasteiger partial charge is 0.365 e. The molecule has 0 aliphatic carbocycles. The molecule has 19 heavy (non-hydrogen) atoms. The quantitative estimate of drug-likeness (QED) is 0.767. The predicted octanol–water partition coefficient (Wildman–Crippen LogP) is 1.57. The monoisotopic (exact) mass is 273 g/mol. The summed E-state index contributed by atoms with van der Waals surface area (Å²) in [5, 5.41) is 6.06. The molecule has 6 nitrogen and oxygen atoms in total. The van der Waals surface area contributed by atoms with Gasteiger partial charge in [0.05, 0.1) is 17.6 Å². The Morgan fingerprint density at radius 1 is 1.42 bits per heavy atom. The zero-order valence-electron chi connectivity index (χ0n) is 10.4. The number of amides is 1. The minimum atomic E-state index is -0.529. The Kier molecular flexibility index (Phi) is 2.56. The normalized spacial score (nSPS) is 11.1. The van der Waals surface area contributed by atoms with Gasteiger partial charge in [-0.2, -0.15) is 9.47 Å². The van der Waals surface area contributed by atoms with Crippen molar-refractivity contribution in [2.24, 2.45) is 5.73 Å². The van der Waals surface area contributed by atoms with E-state index in [1.54, 1.807) is 4.52 Å². The second-order valence-corrected chi connectivity index (χ2v) is 4.88. The van der Waals surface area contributed by atoms with Crippen molar-refractivity contribution in [2.75, 3.05) is 0 Å². The lowest BCUT2D eigenvalue weighted by Crippen LogP contribution is -2.11. The van der Waals surface area contributed by atoms with Crippen molar-refractivity contribution in [3.63, 3.8) is 0 Å². The van der Waals surface area contributed by atoms with E-state index in [-0.39, 0.29) is 0 Å². The lowest BCUT2D eigenvalue weighted by atomic mass is 10.1. The van der Waals surface area contributed by atoms with Crippen molar-refractivity contribution in [3.05, 3.63) is 34.6 Å². The van der Waals surface area contributed by atoms with E-state index in [2.05, 4.69) is 14.5 Å². The molecule has 3 aromatic rings. The molecule has 7 heteroatoms. The number of rotatable bonds is 2.